The van der Waals surface area contributed by atoms with Gasteiger partial charge >= 0.3 is 0 Å². The Balaban J connectivity index is 2.96. The van der Waals surface area contributed by atoms with Crippen LogP contribution >= 0.6 is 0 Å². The Kier molecular flexibility index (Phi) is 11.4. The molecule has 0 radical (unpaired) electrons. The largest absolute Gasteiger partial charge is 0.462 e. The summed E-state index contributed by atoms with van der Waals surface area (Å²) in [4.78, 5) is 0. The van der Waals surface area contributed by atoms with Gasteiger partial charge in [-0.1, -0.05) is 81.0 Å². The highest BCUT2D eigenvalue weighted by Gasteiger charge is 2.44. The molecule has 1 rings (SSSR count). The molecule has 1 aliphatic heterocycles. The number of allylic oxidation sites excluding steroid dienone is 13. The molecule has 0 aromatic rings. The van der Waals surface area contributed by atoms with Crippen molar-refractivity contribution in [2.75, 3.05) is 6.61 Å². The van der Waals surface area contributed by atoms with Crippen LogP contribution < -0.4 is 0 Å². The summed E-state index contributed by atoms with van der Waals surface area (Å²) >= 11 is 0. The number of rotatable bonds is 11. The fourth-order valence-electron chi connectivity index (χ4n) is 2.45. The van der Waals surface area contributed by atoms with Gasteiger partial charge in [0.15, 0.2) is 0 Å². The van der Waals surface area contributed by atoms with Crippen LogP contribution in [-0.2, 0) is 9.47 Å². The molecule has 0 spiro atoms. The summed E-state index contributed by atoms with van der Waals surface area (Å²) in [6, 6.07) is 0. The zero-order chi connectivity index (χ0) is 22.5. The number of ether oxygens (including phenoxy) is 2. The van der Waals surface area contributed by atoms with Crippen molar-refractivity contribution in [1.29, 1.82) is 0 Å². The highest BCUT2D eigenvalue weighted by atomic mass is 16.7. The van der Waals surface area contributed by atoms with Crippen LogP contribution in [0.5, 0.6) is 0 Å². The van der Waals surface area contributed by atoms with Crippen molar-refractivity contribution in [2.45, 2.75) is 30.7 Å². The van der Waals surface area contributed by atoms with Crippen LogP contribution in [0.15, 0.2) is 110 Å². The maximum atomic E-state index is 10.1. The molecule has 1 heterocycles. The van der Waals surface area contributed by atoms with Gasteiger partial charge in [-0.3, -0.25) is 0 Å². The number of aliphatic hydroxyl groups excluding tert-OH is 4. The Morgan fingerprint density at radius 3 is 1.97 bits per heavy atom. The van der Waals surface area contributed by atoms with Crippen molar-refractivity contribution in [2.24, 2.45) is 0 Å². The predicted octanol–water partition coefficient (Wildman–Crippen LogP) is 2.40. The first-order chi connectivity index (χ1) is 14.4. The first-order valence-corrected chi connectivity index (χ1v) is 9.35. The molecule has 6 heteroatoms. The van der Waals surface area contributed by atoms with Crippen LogP contribution in [0.2, 0.25) is 0 Å². The molecule has 162 valence electrons. The van der Waals surface area contributed by atoms with E-state index in [1.807, 2.05) is 24.3 Å². The second-order valence-electron chi connectivity index (χ2n) is 6.28. The topological polar surface area (TPSA) is 99.4 Å². The summed E-state index contributed by atoms with van der Waals surface area (Å²) in [6.45, 7) is 14.3. The van der Waals surface area contributed by atoms with Crippen LogP contribution in [0.1, 0.15) is 0 Å². The van der Waals surface area contributed by atoms with Gasteiger partial charge in [0.25, 0.3) is 0 Å². The Labute approximate surface area is 177 Å². The van der Waals surface area contributed by atoms with E-state index in [1.165, 1.54) is 6.08 Å². The molecule has 5 unspecified atom stereocenters. The Morgan fingerprint density at radius 2 is 1.43 bits per heavy atom. The van der Waals surface area contributed by atoms with Crippen LogP contribution in [0.25, 0.3) is 0 Å². The van der Waals surface area contributed by atoms with Crippen molar-refractivity contribution in [3.63, 3.8) is 0 Å². The van der Waals surface area contributed by atoms with Crippen molar-refractivity contribution in [3.05, 3.63) is 110 Å². The van der Waals surface area contributed by atoms with Gasteiger partial charge in [-0.2, -0.15) is 0 Å². The monoisotopic (exact) mass is 414 g/mol. The molecule has 0 aromatic heterocycles. The fraction of sp³-hybridized carbons (Fsp3) is 0.250. The summed E-state index contributed by atoms with van der Waals surface area (Å²) in [7, 11) is 0. The summed E-state index contributed by atoms with van der Waals surface area (Å²) in [6.07, 6.45) is 12.1. The third-order valence-corrected chi connectivity index (χ3v) is 4.22. The van der Waals surface area contributed by atoms with Gasteiger partial charge in [-0.25, -0.2) is 0 Å². The molecule has 1 saturated heterocycles. The van der Waals surface area contributed by atoms with E-state index in [1.54, 1.807) is 36.5 Å². The second kappa shape index (κ2) is 13.5. The minimum atomic E-state index is -1.52. The minimum Gasteiger partial charge on any atom is -0.462 e. The molecule has 0 aromatic carbocycles. The van der Waals surface area contributed by atoms with E-state index in [4.69, 9.17) is 9.47 Å². The Hall–Kier alpha value is -2.74. The quantitative estimate of drug-likeness (QED) is 0.306. The van der Waals surface area contributed by atoms with Crippen LogP contribution in [0.4, 0.5) is 0 Å². The van der Waals surface area contributed by atoms with Crippen LogP contribution in [-0.4, -0.2) is 57.7 Å². The highest BCUT2D eigenvalue weighted by molar-refractivity contribution is 5.41. The summed E-state index contributed by atoms with van der Waals surface area (Å²) < 4.78 is 10.9. The summed E-state index contributed by atoms with van der Waals surface area (Å²) in [5.41, 5.74) is 1.64. The first kappa shape index (κ1) is 25.3. The summed E-state index contributed by atoms with van der Waals surface area (Å²) in [5.74, 6) is 0.250. The molecule has 0 bridgehead atoms. The lowest BCUT2D eigenvalue weighted by molar-refractivity contribution is -0.290. The molecule has 1 aliphatic rings. The third kappa shape index (κ3) is 7.59. The number of aliphatic hydroxyl groups is 4. The normalized spacial score (nSPS) is 28.5. The van der Waals surface area contributed by atoms with Gasteiger partial charge in [-0.05, 0) is 23.3 Å². The average Bonchev–Trinajstić information content (AvgIpc) is 2.76. The maximum Gasteiger partial charge on any atom is 0.229 e. The summed E-state index contributed by atoms with van der Waals surface area (Å²) in [5, 5.41) is 39.0. The lowest BCUT2D eigenvalue weighted by Gasteiger charge is -2.39. The lowest BCUT2D eigenvalue weighted by Crippen LogP contribution is -2.59. The second-order valence-corrected chi connectivity index (χ2v) is 6.28. The zero-order valence-electron chi connectivity index (χ0n) is 16.9. The number of hydrogen-bond acceptors (Lipinski definition) is 6. The van der Waals surface area contributed by atoms with Gasteiger partial charge in [0.05, 0.1) is 6.61 Å². The van der Waals surface area contributed by atoms with Gasteiger partial charge < -0.3 is 29.9 Å². The van der Waals surface area contributed by atoms with E-state index < -0.39 is 37.3 Å². The van der Waals surface area contributed by atoms with Crippen molar-refractivity contribution in [3.8, 4) is 0 Å². The van der Waals surface area contributed by atoms with E-state index >= 15 is 0 Å². The fourth-order valence-corrected chi connectivity index (χ4v) is 2.45. The zero-order valence-corrected chi connectivity index (χ0v) is 16.9. The maximum absolute atomic E-state index is 10.1. The van der Waals surface area contributed by atoms with Crippen LogP contribution in [0.3, 0.4) is 0 Å². The standard InChI is InChI=1S/C24H30O6/c1-5-9-10-11-17(6-2)12-13-18(7-3)14-15-19(8-4)29-24-23(28)22(27)21(26)20(16-25)30-24/h5-15,20-28H,1-4,16H2/b10-9-,13-12+,17-11+,18-14+,19-15+. The SMILES string of the molecule is C=C\C=C/C=C(C=C)/C=C/C(C=C)=C/C=C(\C=C)OC1OC(CO)C(O)C(O)C1O. The Bertz CT molecular complexity index is 754. The van der Waals surface area contributed by atoms with E-state index in [9.17, 15) is 20.4 Å². The van der Waals surface area contributed by atoms with E-state index in [0.29, 0.717) is 0 Å². The molecule has 4 N–H and O–H groups in total. The minimum absolute atomic E-state index is 0.250. The molecular weight excluding hydrogens is 384 g/mol. The van der Waals surface area contributed by atoms with E-state index in [-0.39, 0.29) is 5.76 Å². The van der Waals surface area contributed by atoms with Crippen molar-refractivity contribution in [1.82, 2.24) is 0 Å². The average molecular weight is 414 g/mol. The third-order valence-electron chi connectivity index (χ3n) is 4.22. The highest BCUT2D eigenvalue weighted by Crippen LogP contribution is 2.24. The first-order valence-electron chi connectivity index (χ1n) is 9.35. The molecule has 30 heavy (non-hydrogen) atoms. The van der Waals surface area contributed by atoms with Crippen LogP contribution in [0, 0.1) is 0 Å². The Morgan fingerprint density at radius 1 is 0.800 bits per heavy atom. The smallest absolute Gasteiger partial charge is 0.229 e. The van der Waals surface area contributed by atoms with Gasteiger partial charge in [0.2, 0.25) is 6.29 Å². The van der Waals surface area contributed by atoms with E-state index in [2.05, 4.69) is 26.3 Å². The molecule has 0 aliphatic carbocycles. The molecule has 1 fully saturated rings. The molecular formula is C24H30O6. The van der Waals surface area contributed by atoms with E-state index in [0.717, 1.165) is 11.1 Å². The lowest BCUT2D eigenvalue weighted by atomic mass is 9.99. The number of hydrogen-bond donors (Lipinski definition) is 4. The molecule has 6 nitrogen and oxygen atoms in total. The van der Waals surface area contributed by atoms with Crippen molar-refractivity contribution >= 4 is 0 Å². The van der Waals surface area contributed by atoms with Gasteiger partial charge in [0.1, 0.15) is 30.2 Å². The van der Waals surface area contributed by atoms with Crippen molar-refractivity contribution < 1.29 is 29.9 Å². The van der Waals surface area contributed by atoms with Gasteiger partial charge in [-0.15, -0.1) is 0 Å². The molecule has 0 amide bonds. The predicted molar refractivity (Wildman–Crippen MR) is 118 cm³/mol. The molecule has 5 atom stereocenters. The van der Waals surface area contributed by atoms with Gasteiger partial charge in [0, 0.05) is 0 Å². The molecule has 0 saturated carbocycles.